The third-order valence-electron chi connectivity index (χ3n) is 4.25. The number of nitrogens with one attached hydrogen (secondary N) is 1. The summed E-state index contributed by atoms with van der Waals surface area (Å²) in [6.45, 7) is 2.15. The van der Waals surface area contributed by atoms with Gasteiger partial charge in [0.05, 0.1) is 23.2 Å². The zero-order valence-electron chi connectivity index (χ0n) is 16.6. The fourth-order valence-corrected chi connectivity index (χ4v) is 2.72. The van der Waals surface area contributed by atoms with Gasteiger partial charge in [-0.05, 0) is 25.1 Å². The van der Waals surface area contributed by atoms with Crippen molar-refractivity contribution < 1.29 is 38.3 Å². The van der Waals surface area contributed by atoms with E-state index in [0.29, 0.717) is 30.4 Å². The van der Waals surface area contributed by atoms with Gasteiger partial charge in [0.25, 0.3) is 11.6 Å². The lowest BCUT2D eigenvalue weighted by atomic mass is 10.1. The average molecular weight is 430 g/mol. The summed E-state index contributed by atoms with van der Waals surface area (Å²) in [5.74, 6) is -1.49. The van der Waals surface area contributed by atoms with E-state index < -0.39 is 34.6 Å². The highest BCUT2D eigenvalue weighted by atomic mass is 16.6. The van der Waals surface area contributed by atoms with Crippen molar-refractivity contribution in [3.63, 3.8) is 0 Å². The van der Waals surface area contributed by atoms with Crippen molar-refractivity contribution in [1.29, 1.82) is 0 Å². The van der Waals surface area contributed by atoms with Crippen LogP contribution < -0.4 is 14.8 Å². The van der Waals surface area contributed by atoms with E-state index in [2.05, 4.69) is 10.1 Å². The van der Waals surface area contributed by atoms with Crippen LogP contribution in [0.2, 0.25) is 0 Å². The number of nitro benzene ring substituents is 1. The van der Waals surface area contributed by atoms with Crippen LogP contribution in [0, 0.1) is 10.1 Å². The van der Waals surface area contributed by atoms with Crippen LogP contribution in [0.5, 0.6) is 11.5 Å². The first-order valence-electron chi connectivity index (χ1n) is 9.08. The van der Waals surface area contributed by atoms with Crippen LogP contribution in [0.4, 0.5) is 11.4 Å². The van der Waals surface area contributed by atoms with Gasteiger partial charge in [0, 0.05) is 23.9 Å². The first-order chi connectivity index (χ1) is 14.8. The number of methoxy groups -OCH3 is 1. The summed E-state index contributed by atoms with van der Waals surface area (Å²) in [6.07, 6.45) is -1.23. The zero-order chi connectivity index (χ0) is 22.5. The van der Waals surface area contributed by atoms with E-state index >= 15 is 0 Å². The number of carbonyl (C=O) groups is 3. The quantitative estimate of drug-likeness (QED) is 0.415. The second-order valence-corrected chi connectivity index (χ2v) is 6.41. The summed E-state index contributed by atoms with van der Waals surface area (Å²) in [6, 6.07) is 7.82. The monoisotopic (exact) mass is 430 g/mol. The van der Waals surface area contributed by atoms with Crippen LogP contribution in [0.3, 0.4) is 0 Å². The summed E-state index contributed by atoms with van der Waals surface area (Å²) >= 11 is 0. The van der Waals surface area contributed by atoms with E-state index in [0.717, 1.165) is 25.3 Å². The molecule has 0 aromatic heterocycles. The summed E-state index contributed by atoms with van der Waals surface area (Å²) in [4.78, 5) is 46.9. The Morgan fingerprint density at radius 3 is 2.32 bits per heavy atom. The van der Waals surface area contributed by atoms with Gasteiger partial charge in [-0.1, -0.05) is 0 Å². The van der Waals surface area contributed by atoms with Crippen LogP contribution >= 0.6 is 0 Å². The first-order valence-corrected chi connectivity index (χ1v) is 9.08. The third-order valence-corrected chi connectivity index (χ3v) is 4.25. The normalized spacial score (nSPS) is 13.0. The van der Waals surface area contributed by atoms with Crippen LogP contribution in [0.1, 0.15) is 27.6 Å². The lowest BCUT2D eigenvalue weighted by molar-refractivity contribution is -0.384. The standard InChI is InChI=1S/C20H18N2O9/c1-11(18(23)21-14-3-4-16-17(10-14)30-6-5-29-16)31-20(25)13-7-12(19(24)28-2)8-15(9-13)22(26)27/h3-4,7-11H,5-6H2,1-2H3,(H,21,23)/t11-/m1/s1. The molecule has 1 N–H and O–H groups in total. The van der Waals surface area contributed by atoms with Crippen molar-refractivity contribution in [3.8, 4) is 11.5 Å². The number of nitrogens with zero attached hydrogens (tertiary/aromatic N) is 1. The number of carbonyl (C=O) groups excluding carboxylic acids is 3. The predicted octanol–water partition coefficient (Wildman–Crippen LogP) is 2.34. The molecule has 0 unspecified atom stereocenters. The Bertz CT molecular complexity index is 1050. The molecule has 11 heteroatoms. The molecule has 0 radical (unpaired) electrons. The summed E-state index contributed by atoms with van der Waals surface area (Å²) < 4.78 is 20.5. The number of non-ortho nitro benzene ring substituents is 1. The lowest BCUT2D eigenvalue weighted by Crippen LogP contribution is -2.30. The Balaban J connectivity index is 1.71. The SMILES string of the molecule is COC(=O)c1cc(C(=O)O[C@H](C)C(=O)Nc2ccc3c(c2)OCCO3)cc([N+](=O)[O-])c1. The molecule has 1 heterocycles. The smallest absolute Gasteiger partial charge is 0.339 e. The van der Waals surface area contributed by atoms with Crippen molar-refractivity contribution in [1.82, 2.24) is 0 Å². The molecule has 0 bridgehead atoms. The van der Waals surface area contributed by atoms with E-state index in [-0.39, 0.29) is 11.1 Å². The number of anilines is 1. The third kappa shape index (κ3) is 5.07. The molecule has 1 amide bonds. The highest BCUT2D eigenvalue weighted by Crippen LogP contribution is 2.32. The van der Waals surface area contributed by atoms with Crippen molar-refractivity contribution in [2.75, 3.05) is 25.6 Å². The highest BCUT2D eigenvalue weighted by Gasteiger charge is 2.23. The molecule has 1 aliphatic rings. The van der Waals surface area contributed by atoms with Gasteiger partial charge in [-0.15, -0.1) is 0 Å². The maximum absolute atomic E-state index is 12.4. The zero-order valence-corrected chi connectivity index (χ0v) is 16.6. The van der Waals surface area contributed by atoms with Gasteiger partial charge in [-0.3, -0.25) is 14.9 Å². The molecule has 2 aromatic carbocycles. The Labute approximate surface area is 176 Å². The fraction of sp³-hybridized carbons (Fsp3) is 0.250. The van der Waals surface area contributed by atoms with Gasteiger partial charge in [0.2, 0.25) is 0 Å². The molecule has 3 rings (SSSR count). The van der Waals surface area contributed by atoms with Crippen LogP contribution in [-0.2, 0) is 14.3 Å². The van der Waals surface area contributed by atoms with Gasteiger partial charge < -0.3 is 24.3 Å². The largest absolute Gasteiger partial charge is 0.486 e. The van der Waals surface area contributed by atoms with Crippen LogP contribution in [0.15, 0.2) is 36.4 Å². The second-order valence-electron chi connectivity index (χ2n) is 6.41. The minimum atomic E-state index is -1.23. The van der Waals surface area contributed by atoms with Crippen LogP contribution in [-0.4, -0.2) is 49.2 Å². The van der Waals surface area contributed by atoms with Crippen LogP contribution in [0.25, 0.3) is 0 Å². The molecule has 162 valence electrons. The van der Waals surface area contributed by atoms with Crippen molar-refractivity contribution >= 4 is 29.2 Å². The number of ether oxygens (including phenoxy) is 4. The Kier molecular flexibility index (Phi) is 6.34. The topological polar surface area (TPSA) is 143 Å². The van der Waals surface area contributed by atoms with Gasteiger partial charge in [-0.25, -0.2) is 9.59 Å². The number of nitro groups is 1. The maximum Gasteiger partial charge on any atom is 0.339 e. The minimum Gasteiger partial charge on any atom is -0.486 e. The molecule has 11 nitrogen and oxygen atoms in total. The molecule has 1 atom stereocenters. The molecule has 0 fully saturated rings. The molecular formula is C20H18N2O9. The molecular weight excluding hydrogens is 412 g/mol. The predicted molar refractivity (Wildman–Crippen MR) is 105 cm³/mol. The Morgan fingerprint density at radius 2 is 1.68 bits per heavy atom. The van der Waals surface area contributed by atoms with Gasteiger partial charge in [-0.2, -0.15) is 0 Å². The summed E-state index contributed by atoms with van der Waals surface area (Å²) in [7, 11) is 1.10. The fourth-order valence-electron chi connectivity index (χ4n) is 2.72. The minimum absolute atomic E-state index is 0.197. The summed E-state index contributed by atoms with van der Waals surface area (Å²) in [5, 5.41) is 13.7. The first kappa shape index (κ1) is 21.6. The second kappa shape index (κ2) is 9.11. The van der Waals surface area contributed by atoms with Crippen molar-refractivity contribution in [3.05, 3.63) is 57.6 Å². The van der Waals surface area contributed by atoms with E-state index in [1.165, 1.54) is 6.92 Å². The maximum atomic E-state index is 12.4. The lowest BCUT2D eigenvalue weighted by Gasteiger charge is -2.19. The number of fused-ring (bicyclic) bond motifs is 1. The molecule has 0 aliphatic carbocycles. The number of hydrogen-bond acceptors (Lipinski definition) is 9. The number of esters is 2. The van der Waals surface area contributed by atoms with E-state index in [9.17, 15) is 24.5 Å². The molecule has 31 heavy (non-hydrogen) atoms. The molecule has 0 saturated carbocycles. The molecule has 2 aromatic rings. The summed E-state index contributed by atoms with van der Waals surface area (Å²) in [5.41, 5.74) is -0.561. The molecule has 0 saturated heterocycles. The number of amides is 1. The molecule has 0 spiro atoms. The van der Waals surface area contributed by atoms with Gasteiger partial charge in [0.1, 0.15) is 13.2 Å². The number of hydrogen-bond donors (Lipinski definition) is 1. The van der Waals surface area contributed by atoms with E-state index in [4.69, 9.17) is 14.2 Å². The van der Waals surface area contributed by atoms with Crippen molar-refractivity contribution in [2.45, 2.75) is 13.0 Å². The molecule has 1 aliphatic heterocycles. The van der Waals surface area contributed by atoms with E-state index in [1.54, 1.807) is 18.2 Å². The van der Waals surface area contributed by atoms with Gasteiger partial charge >= 0.3 is 11.9 Å². The number of benzene rings is 2. The Hall–Kier alpha value is -4.15. The average Bonchev–Trinajstić information content (AvgIpc) is 2.77. The highest BCUT2D eigenvalue weighted by molar-refractivity contribution is 5.99. The Morgan fingerprint density at radius 1 is 1.03 bits per heavy atom. The van der Waals surface area contributed by atoms with Crippen molar-refractivity contribution in [2.24, 2.45) is 0 Å². The van der Waals surface area contributed by atoms with Gasteiger partial charge in [0.15, 0.2) is 17.6 Å². The number of rotatable bonds is 6. The van der Waals surface area contributed by atoms with E-state index in [1.807, 2.05) is 0 Å².